The van der Waals surface area contributed by atoms with Crippen LogP contribution in [0.25, 0.3) is 0 Å². The van der Waals surface area contributed by atoms with Crippen molar-refractivity contribution in [3.63, 3.8) is 0 Å². The molecule has 1 heterocycles. The highest BCUT2D eigenvalue weighted by Crippen LogP contribution is 2.38. The number of carbonyl (C=O) groups excluding carboxylic acids is 2. The van der Waals surface area contributed by atoms with E-state index in [1.54, 1.807) is 0 Å². The van der Waals surface area contributed by atoms with E-state index in [0.29, 0.717) is 0 Å². The standard InChI is InChI=1S/C9H4F3NO3/c10-9(11,16-12)5-3-1-2-4-6(5)13-8(15)7(4)14/h1-3H,(H,13,14,15). The number of ketones is 1. The predicted molar refractivity (Wildman–Crippen MR) is 45.5 cm³/mol. The zero-order valence-corrected chi connectivity index (χ0v) is 7.59. The molecule has 2 rings (SSSR count). The summed E-state index contributed by atoms with van der Waals surface area (Å²) in [5.74, 6) is -1.97. The molecular weight excluding hydrogens is 227 g/mol. The van der Waals surface area contributed by atoms with Crippen LogP contribution in [-0.2, 0) is 15.8 Å². The number of halogens is 3. The van der Waals surface area contributed by atoms with Crippen LogP contribution in [0.3, 0.4) is 0 Å². The molecule has 1 aliphatic heterocycles. The lowest BCUT2D eigenvalue weighted by Gasteiger charge is -2.13. The van der Waals surface area contributed by atoms with E-state index >= 15 is 0 Å². The number of fused-ring (bicyclic) bond motifs is 1. The zero-order valence-electron chi connectivity index (χ0n) is 7.59. The fourth-order valence-electron chi connectivity index (χ4n) is 1.45. The number of nitrogens with one attached hydrogen (secondary N) is 1. The van der Waals surface area contributed by atoms with Gasteiger partial charge >= 0.3 is 6.11 Å². The molecule has 4 nitrogen and oxygen atoms in total. The molecule has 1 aromatic carbocycles. The molecule has 1 aliphatic rings. The second kappa shape index (κ2) is 3.31. The van der Waals surface area contributed by atoms with Crippen LogP contribution in [0.5, 0.6) is 0 Å². The monoisotopic (exact) mass is 231 g/mol. The van der Waals surface area contributed by atoms with Crippen LogP contribution in [0.2, 0.25) is 0 Å². The molecule has 0 radical (unpaired) electrons. The largest absolute Gasteiger partial charge is 0.415 e. The summed E-state index contributed by atoms with van der Waals surface area (Å²) in [4.78, 5) is 24.7. The third-order valence-electron chi connectivity index (χ3n) is 2.16. The Kier molecular flexibility index (Phi) is 2.20. The number of Topliss-reactive ketones (excluding diaryl/α,β-unsaturated/α-hetero) is 1. The minimum atomic E-state index is -4.21. The normalized spacial score (nSPS) is 14.9. The summed E-state index contributed by atoms with van der Waals surface area (Å²) >= 11 is 0. The topological polar surface area (TPSA) is 55.4 Å². The predicted octanol–water partition coefficient (Wildman–Crippen LogP) is 1.77. The fourth-order valence-corrected chi connectivity index (χ4v) is 1.45. The lowest BCUT2D eigenvalue weighted by Crippen LogP contribution is -2.17. The van der Waals surface area contributed by atoms with E-state index in [0.717, 1.165) is 12.1 Å². The maximum Gasteiger partial charge on any atom is 0.415 e. The van der Waals surface area contributed by atoms with E-state index in [9.17, 15) is 22.9 Å². The summed E-state index contributed by atoms with van der Waals surface area (Å²) in [6.45, 7) is 0. The molecule has 0 bridgehead atoms. The maximum atomic E-state index is 12.9. The molecule has 16 heavy (non-hydrogen) atoms. The van der Waals surface area contributed by atoms with Gasteiger partial charge in [0.15, 0.2) is 0 Å². The van der Waals surface area contributed by atoms with Crippen LogP contribution < -0.4 is 5.32 Å². The Morgan fingerprint density at radius 3 is 2.56 bits per heavy atom. The number of amides is 1. The fraction of sp³-hybridized carbons (Fsp3) is 0.111. The van der Waals surface area contributed by atoms with Gasteiger partial charge in [-0.1, -0.05) is 6.07 Å². The molecule has 0 fully saturated rings. The van der Waals surface area contributed by atoms with Crippen molar-refractivity contribution in [2.75, 3.05) is 5.32 Å². The molecular formula is C9H4F3NO3. The van der Waals surface area contributed by atoms with Crippen molar-refractivity contribution in [3.8, 4) is 0 Å². The zero-order chi connectivity index (χ0) is 11.9. The Bertz CT molecular complexity index is 487. The molecule has 1 aromatic rings. The quantitative estimate of drug-likeness (QED) is 0.789. The average Bonchev–Trinajstić information content (AvgIpc) is 2.55. The Hall–Kier alpha value is -1.89. The first-order valence-electron chi connectivity index (χ1n) is 4.14. The SMILES string of the molecule is O=C1Nc2c(cccc2C(F)(F)OF)C1=O. The first-order chi connectivity index (χ1) is 7.47. The van der Waals surface area contributed by atoms with Crippen LogP contribution in [0.15, 0.2) is 18.2 Å². The van der Waals surface area contributed by atoms with Gasteiger partial charge in [0.05, 0.1) is 16.8 Å². The summed E-state index contributed by atoms with van der Waals surface area (Å²) < 4.78 is 37.5. The van der Waals surface area contributed by atoms with Crippen LogP contribution in [0.4, 0.5) is 19.0 Å². The molecule has 1 N–H and O–H groups in total. The van der Waals surface area contributed by atoms with E-state index in [1.165, 1.54) is 6.07 Å². The van der Waals surface area contributed by atoms with E-state index in [1.807, 2.05) is 5.32 Å². The number of benzene rings is 1. The van der Waals surface area contributed by atoms with Gasteiger partial charge < -0.3 is 5.32 Å². The summed E-state index contributed by atoms with van der Waals surface area (Å²) in [6.07, 6.45) is -4.21. The number of anilines is 1. The molecule has 0 spiro atoms. The van der Waals surface area contributed by atoms with Gasteiger partial charge in [0.25, 0.3) is 11.7 Å². The maximum absolute atomic E-state index is 12.9. The lowest BCUT2D eigenvalue weighted by atomic mass is 10.1. The van der Waals surface area contributed by atoms with Crippen molar-refractivity contribution in [1.82, 2.24) is 0 Å². The van der Waals surface area contributed by atoms with E-state index < -0.39 is 29.0 Å². The molecule has 84 valence electrons. The van der Waals surface area contributed by atoms with Gasteiger partial charge in [-0.25, -0.2) is 0 Å². The summed E-state index contributed by atoms with van der Waals surface area (Å²) in [6, 6.07) is 3.16. The first kappa shape index (κ1) is 10.6. The summed E-state index contributed by atoms with van der Waals surface area (Å²) in [5, 5.41) is 1.94. The lowest BCUT2D eigenvalue weighted by molar-refractivity contribution is -0.364. The van der Waals surface area contributed by atoms with Crippen molar-refractivity contribution in [3.05, 3.63) is 29.3 Å². The van der Waals surface area contributed by atoms with E-state index in [4.69, 9.17) is 0 Å². The van der Waals surface area contributed by atoms with Crippen molar-refractivity contribution in [1.29, 1.82) is 0 Å². The Balaban J connectivity index is 2.61. The van der Waals surface area contributed by atoms with Crippen molar-refractivity contribution in [2.24, 2.45) is 0 Å². The highest BCUT2D eigenvalue weighted by atomic mass is 19.4. The number of alkyl halides is 2. The van der Waals surface area contributed by atoms with Crippen molar-refractivity contribution >= 4 is 17.4 Å². The summed E-state index contributed by atoms with van der Waals surface area (Å²) in [5.41, 5.74) is -1.54. The highest BCUT2D eigenvalue weighted by Gasteiger charge is 2.41. The first-order valence-corrected chi connectivity index (χ1v) is 4.14. The minimum absolute atomic E-state index is 0.223. The molecule has 7 heteroatoms. The van der Waals surface area contributed by atoms with Crippen LogP contribution in [0, 0.1) is 0 Å². The number of para-hydroxylation sites is 1. The van der Waals surface area contributed by atoms with Crippen LogP contribution >= 0.6 is 0 Å². The average molecular weight is 231 g/mol. The molecule has 0 unspecified atom stereocenters. The molecule has 0 saturated carbocycles. The van der Waals surface area contributed by atoms with Gasteiger partial charge in [0.1, 0.15) is 0 Å². The number of carbonyl (C=O) groups is 2. The number of hydrogen-bond acceptors (Lipinski definition) is 3. The molecule has 0 aromatic heterocycles. The van der Waals surface area contributed by atoms with Crippen molar-refractivity contribution in [2.45, 2.75) is 6.11 Å². The van der Waals surface area contributed by atoms with Gasteiger partial charge in [-0.05, 0) is 16.7 Å². The molecule has 0 saturated heterocycles. The second-order valence-electron chi connectivity index (χ2n) is 3.11. The third kappa shape index (κ3) is 1.36. The van der Waals surface area contributed by atoms with Gasteiger partial charge in [0.2, 0.25) is 0 Å². The van der Waals surface area contributed by atoms with Gasteiger partial charge in [0, 0.05) is 0 Å². The summed E-state index contributed by atoms with van der Waals surface area (Å²) in [7, 11) is 0. The van der Waals surface area contributed by atoms with Crippen LogP contribution in [-0.4, -0.2) is 11.7 Å². The van der Waals surface area contributed by atoms with Gasteiger partial charge in [-0.2, -0.15) is 8.78 Å². The van der Waals surface area contributed by atoms with E-state index in [-0.39, 0.29) is 5.56 Å². The number of rotatable bonds is 2. The Morgan fingerprint density at radius 1 is 1.25 bits per heavy atom. The third-order valence-corrected chi connectivity index (χ3v) is 2.16. The molecule has 1 amide bonds. The minimum Gasteiger partial charge on any atom is -0.318 e. The Morgan fingerprint density at radius 2 is 1.94 bits per heavy atom. The van der Waals surface area contributed by atoms with Gasteiger partial charge in [-0.15, -0.1) is 4.94 Å². The second-order valence-corrected chi connectivity index (χ2v) is 3.11. The van der Waals surface area contributed by atoms with Crippen molar-refractivity contribution < 1.29 is 27.8 Å². The molecule has 0 atom stereocenters. The number of hydrogen-bond donors (Lipinski definition) is 1. The van der Waals surface area contributed by atoms with Gasteiger partial charge in [-0.3, -0.25) is 9.59 Å². The Labute approximate surface area is 86.9 Å². The molecule has 0 aliphatic carbocycles. The van der Waals surface area contributed by atoms with E-state index in [2.05, 4.69) is 4.94 Å². The highest BCUT2D eigenvalue weighted by molar-refractivity contribution is 6.51. The van der Waals surface area contributed by atoms with Crippen LogP contribution in [0.1, 0.15) is 15.9 Å². The smallest absolute Gasteiger partial charge is 0.318 e.